The number of benzene rings is 1. The number of alkyl halides is 1. The van der Waals surface area contributed by atoms with E-state index in [1.807, 2.05) is 6.92 Å². The Balaban J connectivity index is 3.24. The van der Waals surface area contributed by atoms with Crippen LogP contribution in [0.2, 0.25) is 0 Å². The van der Waals surface area contributed by atoms with E-state index in [1.165, 1.54) is 12.1 Å². The highest BCUT2D eigenvalue weighted by Crippen LogP contribution is 2.26. The maximum Gasteiger partial charge on any atom is 0.274 e. The number of ether oxygens (including phenoxy) is 1. The Morgan fingerprint density at radius 2 is 2.05 bits per heavy atom. The predicted octanol–water partition coefficient (Wildman–Crippen LogP) is 2.40. The smallest absolute Gasteiger partial charge is 0.274 e. The summed E-state index contributed by atoms with van der Waals surface area (Å²) in [4.78, 5) is 9.99. The summed E-state index contributed by atoms with van der Waals surface area (Å²) in [6.45, 7) is 2.23. The van der Waals surface area contributed by atoms with Crippen LogP contribution in [0.4, 0.5) is 5.69 Å². The van der Waals surface area contributed by atoms with Crippen LogP contribution in [-0.4, -0.2) is 31.6 Å². The van der Waals surface area contributed by atoms with E-state index in [-0.39, 0.29) is 28.0 Å². The molecule has 0 aliphatic carbocycles. The van der Waals surface area contributed by atoms with Crippen molar-refractivity contribution in [3.8, 4) is 5.75 Å². The first kappa shape index (κ1) is 15.7. The molecule has 8 heteroatoms. The van der Waals surface area contributed by atoms with Gasteiger partial charge in [-0.2, -0.15) is 0 Å². The number of nitrogens with zero attached hydrogens (tertiary/aromatic N) is 1. The molecule has 1 rings (SSSR count). The Bertz CT molecular complexity index is 558. The molecule has 0 saturated heterocycles. The number of hydrogen-bond donors (Lipinski definition) is 0. The van der Waals surface area contributed by atoms with E-state index < -0.39 is 14.8 Å². The van der Waals surface area contributed by atoms with Crippen molar-refractivity contribution in [1.29, 1.82) is 0 Å². The van der Waals surface area contributed by atoms with Crippen LogP contribution in [0.5, 0.6) is 5.75 Å². The van der Waals surface area contributed by atoms with Crippen molar-refractivity contribution in [2.45, 2.75) is 18.2 Å². The Labute approximate surface area is 116 Å². The molecule has 0 radical (unpaired) electrons. The topological polar surface area (TPSA) is 86.5 Å². The maximum atomic E-state index is 11.9. The van der Waals surface area contributed by atoms with Crippen LogP contribution in [-0.2, 0) is 9.84 Å². The number of nitro groups is 1. The van der Waals surface area contributed by atoms with E-state index in [0.29, 0.717) is 13.0 Å². The van der Waals surface area contributed by atoms with Crippen molar-refractivity contribution >= 4 is 27.1 Å². The molecule has 106 valence electrons. The monoisotopic (exact) mass is 307 g/mol. The van der Waals surface area contributed by atoms with Gasteiger partial charge in [0.1, 0.15) is 5.75 Å². The van der Waals surface area contributed by atoms with Gasteiger partial charge in [0.2, 0.25) is 0 Å². The summed E-state index contributed by atoms with van der Waals surface area (Å²) in [5.74, 6) is -0.178. The van der Waals surface area contributed by atoms with Crippen molar-refractivity contribution in [1.82, 2.24) is 0 Å². The normalized spacial score (nSPS) is 11.3. The van der Waals surface area contributed by atoms with E-state index in [0.717, 1.165) is 6.07 Å². The highest BCUT2D eigenvalue weighted by atomic mass is 35.5. The molecule has 0 bridgehead atoms. The van der Waals surface area contributed by atoms with Gasteiger partial charge in [0.25, 0.3) is 5.69 Å². The maximum absolute atomic E-state index is 11.9. The second-order valence-corrected chi connectivity index (χ2v) is 6.26. The Morgan fingerprint density at radius 1 is 1.37 bits per heavy atom. The van der Waals surface area contributed by atoms with Gasteiger partial charge in [0.15, 0.2) is 9.84 Å². The zero-order valence-corrected chi connectivity index (χ0v) is 11.9. The van der Waals surface area contributed by atoms with Crippen LogP contribution in [0.3, 0.4) is 0 Å². The summed E-state index contributed by atoms with van der Waals surface area (Å²) in [6.07, 6.45) is 0.715. The standard InChI is InChI=1S/C11H14ClNO5S/c1-2-4-18-10-6-9(13(14)15)7-11(8-10)19(16,17)5-3-12/h6-8H,2-5H2,1H3. The lowest BCUT2D eigenvalue weighted by Gasteiger charge is -2.07. The molecule has 1 aromatic carbocycles. The van der Waals surface area contributed by atoms with E-state index in [4.69, 9.17) is 16.3 Å². The van der Waals surface area contributed by atoms with Gasteiger partial charge >= 0.3 is 0 Å². The number of non-ortho nitro benzene ring substituents is 1. The molecule has 0 unspecified atom stereocenters. The van der Waals surface area contributed by atoms with Crippen LogP contribution in [0.25, 0.3) is 0 Å². The molecule has 0 aromatic heterocycles. The first-order valence-corrected chi connectivity index (χ1v) is 7.80. The zero-order chi connectivity index (χ0) is 14.5. The summed E-state index contributed by atoms with van der Waals surface area (Å²) < 4.78 is 29.0. The number of hydrogen-bond acceptors (Lipinski definition) is 5. The van der Waals surface area contributed by atoms with Crippen molar-refractivity contribution in [2.75, 3.05) is 18.2 Å². The van der Waals surface area contributed by atoms with Gasteiger partial charge in [-0.25, -0.2) is 8.42 Å². The van der Waals surface area contributed by atoms with E-state index in [9.17, 15) is 18.5 Å². The molecule has 0 heterocycles. The molecule has 19 heavy (non-hydrogen) atoms. The molecule has 6 nitrogen and oxygen atoms in total. The lowest BCUT2D eigenvalue weighted by atomic mass is 10.3. The quantitative estimate of drug-likeness (QED) is 0.438. The van der Waals surface area contributed by atoms with Gasteiger partial charge in [0.05, 0.1) is 28.2 Å². The van der Waals surface area contributed by atoms with Crippen LogP contribution in [0.1, 0.15) is 13.3 Å². The van der Waals surface area contributed by atoms with Gasteiger partial charge in [-0.1, -0.05) is 6.92 Å². The summed E-state index contributed by atoms with van der Waals surface area (Å²) in [5, 5.41) is 10.8. The first-order valence-electron chi connectivity index (χ1n) is 5.61. The Morgan fingerprint density at radius 3 is 2.58 bits per heavy atom. The first-order chi connectivity index (χ1) is 8.90. The molecule has 0 fully saturated rings. The second-order valence-electron chi connectivity index (χ2n) is 3.78. The number of rotatable bonds is 7. The van der Waals surface area contributed by atoms with Crippen LogP contribution in [0, 0.1) is 10.1 Å². The van der Waals surface area contributed by atoms with Crippen molar-refractivity contribution in [3.63, 3.8) is 0 Å². The molecule has 0 N–H and O–H groups in total. The second kappa shape index (κ2) is 6.72. The largest absolute Gasteiger partial charge is 0.493 e. The molecule has 0 aliphatic heterocycles. The third-order valence-corrected chi connectivity index (χ3v) is 4.36. The average molecular weight is 308 g/mol. The van der Waals surface area contributed by atoms with Crippen molar-refractivity contribution in [3.05, 3.63) is 28.3 Å². The summed E-state index contributed by atoms with van der Waals surface area (Å²) in [7, 11) is -3.63. The third kappa shape index (κ3) is 4.36. The van der Waals surface area contributed by atoms with Gasteiger partial charge in [-0.3, -0.25) is 10.1 Å². The van der Waals surface area contributed by atoms with Gasteiger partial charge < -0.3 is 4.74 Å². The fourth-order valence-corrected chi connectivity index (χ4v) is 3.01. The summed E-state index contributed by atoms with van der Waals surface area (Å²) in [5.41, 5.74) is -0.318. The van der Waals surface area contributed by atoms with E-state index in [1.54, 1.807) is 0 Å². The molecular formula is C11H14ClNO5S. The molecule has 0 amide bonds. The third-order valence-electron chi connectivity index (χ3n) is 2.25. The minimum Gasteiger partial charge on any atom is -0.493 e. The molecular weight excluding hydrogens is 294 g/mol. The Hall–Kier alpha value is -1.34. The fraction of sp³-hybridized carbons (Fsp3) is 0.455. The number of sulfone groups is 1. The molecule has 0 spiro atoms. The van der Waals surface area contributed by atoms with Crippen LogP contribution < -0.4 is 4.74 Å². The van der Waals surface area contributed by atoms with Gasteiger partial charge in [-0.15, -0.1) is 11.6 Å². The molecule has 0 atom stereocenters. The number of nitro benzene ring substituents is 1. The minimum absolute atomic E-state index is 0.0732. The fourth-order valence-electron chi connectivity index (χ4n) is 1.36. The predicted molar refractivity (Wildman–Crippen MR) is 71.7 cm³/mol. The van der Waals surface area contributed by atoms with E-state index >= 15 is 0 Å². The van der Waals surface area contributed by atoms with Crippen molar-refractivity contribution in [2.24, 2.45) is 0 Å². The van der Waals surface area contributed by atoms with Crippen LogP contribution >= 0.6 is 11.6 Å². The molecule has 0 saturated carbocycles. The highest BCUT2D eigenvalue weighted by molar-refractivity contribution is 7.91. The van der Waals surface area contributed by atoms with Crippen molar-refractivity contribution < 1.29 is 18.1 Å². The zero-order valence-electron chi connectivity index (χ0n) is 10.3. The lowest BCUT2D eigenvalue weighted by molar-refractivity contribution is -0.385. The molecule has 0 aliphatic rings. The van der Waals surface area contributed by atoms with Gasteiger partial charge in [-0.05, 0) is 12.5 Å². The number of halogens is 1. The Kier molecular flexibility index (Phi) is 5.56. The average Bonchev–Trinajstić information content (AvgIpc) is 2.35. The highest BCUT2D eigenvalue weighted by Gasteiger charge is 2.19. The van der Waals surface area contributed by atoms with Gasteiger partial charge in [0, 0.05) is 11.9 Å². The summed E-state index contributed by atoms with van der Waals surface area (Å²) >= 11 is 5.42. The minimum atomic E-state index is -3.63. The van der Waals surface area contributed by atoms with E-state index in [2.05, 4.69) is 0 Å². The van der Waals surface area contributed by atoms with Crippen LogP contribution in [0.15, 0.2) is 23.1 Å². The summed E-state index contributed by atoms with van der Waals surface area (Å²) in [6, 6.07) is 3.50. The SMILES string of the molecule is CCCOc1cc([N+](=O)[O-])cc(S(=O)(=O)CCCl)c1. The molecule has 1 aromatic rings. The lowest BCUT2D eigenvalue weighted by Crippen LogP contribution is -2.09.